The number of benzene rings is 1. The van der Waals surface area contributed by atoms with Crippen LogP contribution in [0.3, 0.4) is 0 Å². The molecule has 3 fully saturated rings. The molecule has 3 heterocycles. The Morgan fingerprint density at radius 3 is 2.68 bits per heavy atom. The molecule has 3 N–H and O–H groups in total. The zero-order valence-electron chi connectivity index (χ0n) is 11.4. The van der Waals surface area contributed by atoms with Gasteiger partial charge in [-0.25, -0.2) is 0 Å². The summed E-state index contributed by atoms with van der Waals surface area (Å²) in [6, 6.07) is 6.79. The van der Waals surface area contributed by atoms with E-state index in [2.05, 4.69) is 29.3 Å². The highest BCUT2D eigenvalue weighted by Crippen LogP contribution is 2.30. The maximum absolute atomic E-state index is 5.83. The molecule has 4 rings (SSSR count). The Labute approximate surface area is 120 Å². The molecule has 0 aromatic heterocycles. The van der Waals surface area contributed by atoms with E-state index in [0.29, 0.717) is 11.0 Å². The van der Waals surface area contributed by atoms with Gasteiger partial charge < -0.3 is 16.0 Å². The highest BCUT2D eigenvalue weighted by Gasteiger charge is 2.34. The van der Waals surface area contributed by atoms with Crippen molar-refractivity contribution in [2.24, 2.45) is 11.7 Å². The molecule has 1 unspecified atom stereocenters. The summed E-state index contributed by atoms with van der Waals surface area (Å²) < 4.78 is 0. The summed E-state index contributed by atoms with van der Waals surface area (Å²) >= 11 is 5.15. The van der Waals surface area contributed by atoms with Crippen molar-refractivity contribution < 1.29 is 0 Å². The second-order valence-electron chi connectivity index (χ2n) is 5.80. The zero-order chi connectivity index (χ0) is 13.4. The number of hydrogen-bond donors (Lipinski definition) is 2. The molecule has 1 aromatic carbocycles. The van der Waals surface area contributed by atoms with Crippen LogP contribution in [0.25, 0.3) is 0 Å². The fraction of sp³-hybridized carbons (Fsp3) is 0.533. The SMILES string of the molecule is Cc1ccc(C(N)=S)c(NC2CN3CCC2CC3)c1. The molecule has 1 atom stereocenters. The molecule has 3 nitrogen and oxygen atoms in total. The van der Waals surface area contributed by atoms with Gasteiger partial charge in [0.25, 0.3) is 0 Å². The van der Waals surface area contributed by atoms with Crippen molar-refractivity contribution in [3.05, 3.63) is 29.3 Å². The van der Waals surface area contributed by atoms with Gasteiger partial charge in [-0.15, -0.1) is 0 Å². The minimum Gasteiger partial charge on any atom is -0.389 e. The predicted octanol–water partition coefficient (Wildman–Crippen LogP) is 2.14. The largest absolute Gasteiger partial charge is 0.389 e. The van der Waals surface area contributed by atoms with Crippen LogP contribution >= 0.6 is 12.2 Å². The maximum Gasteiger partial charge on any atom is 0.106 e. The lowest BCUT2D eigenvalue weighted by Gasteiger charge is -2.45. The van der Waals surface area contributed by atoms with E-state index >= 15 is 0 Å². The number of anilines is 1. The van der Waals surface area contributed by atoms with Crippen LogP contribution in [0.4, 0.5) is 5.69 Å². The first-order valence-corrected chi connectivity index (χ1v) is 7.43. The minimum atomic E-state index is 0.476. The Morgan fingerprint density at radius 2 is 2.11 bits per heavy atom. The van der Waals surface area contributed by atoms with Gasteiger partial charge in [0.1, 0.15) is 4.99 Å². The number of hydrogen-bond acceptors (Lipinski definition) is 3. The van der Waals surface area contributed by atoms with Crippen LogP contribution in [0.5, 0.6) is 0 Å². The Kier molecular flexibility index (Phi) is 3.46. The number of aryl methyl sites for hydroxylation is 1. The fourth-order valence-corrected chi connectivity index (χ4v) is 3.50. The molecular formula is C15H21N3S. The van der Waals surface area contributed by atoms with Gasteiger partial charge in [-0.1, -0.05) is 18.3 Å². The van der Waals surface area contributed by atoms with Crippen LogP contribution in [0.1, 0.15) is 24.0 Å². The Morgan fingerprint density at radius 1 is 1.37 bits per heavy atom. The monoisotopic (exact) mass is 275 g/mol. The number of nitrogens with two attached hydrogens (primary N) is 1. The van der Waals surface area contributed by atoms with E-state index in [1.165, 1.54) is 31.5 Å². The molecule has 0 aliphatic carbocycles. The summed E-state index contributed by atoms with van der Waals surface area (Å²) in [6.45, 7) is 5.78. The topological polar surface area (TPSA) is 41.3 Å². The van der Waals surface area contributed by atoms with Gasteiger partial charge >= 0.3 is 0 Å². The molecule has 19 heavy (non-hydrogen) atoms. The first-order valence-electron chi connectivity index (χ1n) is 7.03. The first-order chi connectivity index (χ1) is 9.13. The molecule has 0 amide bonds. The highest BCUT2D eigenvalue weighted by molar-refractivity contribution is 7.80. The smallest absolute Gasteiger partial charge is 0.106 e. The van der Waals surface area contributed by atoms with Crippen molar-refractivity contribution in [1.29, 1.82) is 0 Å². The van der Waals surface area contributed by atoms with E-state index in [1.54, 1.807) is 0 Å². The molecule has 3 aliphatic heterocycles. The second-order valence-corrected chi connectivity index (χ2v) is 6.24. The third-order valence-corrected chi connectivity index (χ3v) is 4.66. The van der Waals surface area contributed by atoms with Gasteiger partial charge in [-0.3, -0.25) is 0 Å². The summed E-state index contributed by atoms with van der Waals surface area (Å²) in [7, 11) is 0. The van der Waals surface area contributed by atoms with Gasteiger partial charge in [-0.05, 0) is 56.5 Å². The third-order valence-electron chi connectivity index (χ3n) is 4.44. The van der Waals surface area contributed by atoms with Gasteiger partial charge in [0.15, 0.2) is 0 Å². The van der Waals surface area contributed by atoms with Crippen molar-refractivity contribution in [2.75, 3.05) is 25.0 Å². The van der Waals surface area contributed by atoms with Gasteiger partial charge in [0.05, 0.1) is 0 Å². The van der Waals surface area contributed by atoms with Crippen molar-refractivity contribution >= 4 is 22.9 Å². The lowest BCUT2D eigenvalue weighted by atomic mass is 9.84. The van der Waals surface area contributed by atoms with E-state index in [-0.39, 0.29) is 0 Å². The molecule has 4 heteroatoms. The molecule has 1 aromatic rings. The van der Waals surface area contributed by atoms with E-state index in [4.69, 9.17) is 18.0 Å². The first kappa shape index (κ1) is 12.9. The van der Waals surface area contributed by atoms with Gasteiger partial charge in [-0.2, -0.15) is 0 Å². The van der Waals surface area contributed by atoms with Gasteiger partial charge in [0.2, 0.25) is 0 Å². The summed E-state index contributed by atoms with van der Waals surface area (Å²) in [4.78, 5) is 3.03. The Bertz CT molecular complexity index is 492. The van der Waals surface area contributed by atoms with Crippen molar-refractivity contribution in [1.82, 2.24) is 4.90 Å². The van der Waals surface area contributed by atoms with Crippen LogP contribution in [-0.2, 0) is 0 Å². The number of piperidine rings is 3. The number of nitrogens with one attached hydrogen (secondary N) is 1. The maximum atomic E-state index is 5.83. The summed E-state index contributed by atoms with van der Waals surface area (Å²) in [5, 5.41) is 3.69. The van der Waals surface area contributed by atoms with E-state index < -0.39 is 0 Å². The lowest BCUT2D eigenvalue weighted by molar-refractivity contribution is 0.0975. The third kappa shape index (κ3) is 2.60. The summed E-state index contributed by atoms with van der Waals surface area (Å²) in [5.41, 5.74) is 9.14. The Hall–Kier alpha value is -1.13. The molecule has 3 aliphatic rings. The normalized spacial score (nSPS) is 29.2. The van der Waals surface area contributed by atoms with Crippen LogP contribution in [0.15, 0.2) is 18.2 Å². The fourth-order valence-electron chi connectivity index (χ4n) is 3.32. The summed E-state index contributed by atoms with van der Waals surface area (Å²) in [5.74, 6) is 0.796. The van der Waals surface area contributed by atoms with Crippen LogP contribution in [0, 0.1) is 12.8 Å². The quantitative estimate of drug-likeness (QED) is 0.829. The molecule has 0 radical (unpaired) electrons. The molecule has 0 saturated carbocycles. The van der Waals surface area contributed by atoms with E-state index in [0.717, 1.165) is 23.7 Å². The average molecular weight is 275 g/mol. The number of rotatable bonds is 3. The van der Waals surface area contributed by atoms with Crippen LogP contribution in [-0.4, -0.2) is 35.6 Å². The Balaban J connectivity index is 1.83. The average Bonchev–Trinajstić information content (AvgIpc) is 2.40. The van der Waals surface area contributed by atoms with Crippen LogP contribution in [0.2, 0.25) is 0 Å². The molecule has 102 valence electrons. The van der Waals surface area contributed by atoms with Crippen LogP contribution < -0.4 is 11.1 Å². The lowest BCUT2D eigenvalue weighted by Crippen LogP contribution is -2.53. The number of thiocarbonyl (C=S) groups is 1. The van der Waals surface area contributed by atoms with Crippen molar-refractivity contribution in [2.45, 2.75) is 25.8 Å². The van der Waals surface area contributed by atoms with Crippen molar-refractivity contribution in [3.63, 3.8) is 0 Å². The minimum absolute atomic E-state index is 0.476. The van der Waals surface area contributed by atoms with Crippen molar-refractivity contribution in [3.8, 4) is 0 Å². The molecule has 0 spiro atoms. The number of fused-ring (bicyclic) bond motifs is 3. The molecular weight excluding hydrogens is 254 g/mol. The molecule has 2 bridgehead atoms. The standard InChI is InChI=1S/C15H21N3S/c1-10-2-3-12(15(16)19)13(8-10)17-14-9-18-6-4-11(14)5-7-18/h2-3,8,11,14,17H,4-7,9H2,1H3,(H2,16,19). The molecule has 3 saturated heterocycles. The van der Waals surface area contributed by atoms with Gasteiger partial charge in [0, 0.05) is 23.8 Å². The zero-order valence-corrected chi connectivity index (χ0v) is 12.2. The van der Waals surface area contributed by atoms with E-state index in [9.17, 15) is 0 Å². The number of nitrogens with zero attached hydrogens (tertiary/aromatic N) is 1. The summed E-state index contributed by atoms with van der Waals surface area (Å²) in [6.07, 6.45) is 2.62. The predicted molar refractivity (Wildman–Crippen MR) is 83.6 cm³/mol. The highest BCUT2D eigenvalue weighted by atomic mass is 32.1. The van der Waals surface area contributed by atoms with E-state index in [1.807, 2.05) is 6.07 Å². The second kappa shape index (κ2) is 5.10.